The summed E-state index contributed by atoms with van der Waals surface area (Å²) >= 11 is 0. The van der Waals surface area contributed by atoms with Crippen LogP contribution >= 0.6 is 0 Å². The van der Waals surface area contributed by atoms with Gasteiger partial charge in [0.1, 0.15) is 0 Å². The maximum absolute atomic E-state index is 10.2. The molecule has 1 heteroatoms. The lowest BCUT2D eigenvalue weighted by atomic mass is 9.60. The summed E-state index contributed by atoms with van der Waals surface area (Å²) in [6, 6.07) is 0. The monoisotopic (exact) mass is 186 g/mol. The van der Waals surface area contributed by atoms with Crippen molar-refractivity contribution in [2.24, 2.45) is 16.2 Å². The van der Waals surface area contributed by atoms with Gasteiger partial charge in [0.2, 0.25) is 0 Å². The van der Waals surface area contributed by atoms with Crippen molar-refractivity contribution in [2.75, 3.05) is 0 Å². The first kappa shape index (κ1) is 13.0. The molecule has 0 saturated carbocycles. The Kier molecular flexibility index (Phi) is 3.26. The highest BCUT2D eigenvalue weighted by molar-refractivity contribution is 4.93. The van der Waals surface area contributed by atoms with E-state index in [2.05, 4.69) is 55.4 Å². The van der Waals surface area contributed by atoms with Crippen molar-refractivity contribution >= 4 is 0 Å². The Hall–Kier alpha value is -0.0400. The van der Waals surface area contributed by atoms with Crippen LogP contribution in [0.25, 0.3) is 0 Å². The minimum Gasteiger partial charge on any atom is -0.392 e. The third-order valence-electron chi connectivity index (χ3n) is 3.44. The lowest BCUT2D eigenvalue weighted by Crippen LogP contribution is -2.47. The number of aliphatic hydroxyl groups is 1. The Morgan fingerprint density at radius 1 is 0.769 bits per heavy atom. The van der Waals surface area contributed by atoms with Crippen LogP contribution in [0.4, 0.5) is 0 Å². The van der Waals surface area contributed by atoms with E-state index < -0.39 is 0 Å². The lowest BCUT2D eigenvalue weighted by molar-refractivity contribution is -0.0860. The zero-order chi connectivity index (χ0) is 11.1. The fraction of sp³-hybridized carbons (Fsp3) is 1.00. The Morgan fingerprint density at radius 2 is 1.08 bits per heavy atom. The van der Waals surface area contributed by atoms with Crippen LogP contribution in [-0.4, -0.2) is 11.2 Å². The van der Waals surface area contributed by atoms with Crippen LogP contribution in [0.1, 0.15) is 55.4 Å². The van der Waals surface area contributed by atoms with Crippen molar-refractivity contribution in [3.05, 3.63) is 0 Å². The Labute approximate surface area is 83.5 Å². The first-order chi connectivity index (χ1) is 5.40. The number of rotatable bonds is 1. The van der Waals surface area contributed by atoms with Crippen LogP contribution in [0.3, 0.4) is 0 Å². The summed E-state index contributed by atoms with van der Waals surface area (Å²) in [5.74, 6) is 0. The van der Waals surface area contributed by atoms with E-state index in [0.717, 1.165) is 0 Å². The zero-order valence-electron chi connectivity index (χ0n) is 10.5. The smallest absolute Gasteiger partial charge is 0.0644 e. The van der Waals surface area contributed by atoms with E-state index in [1.807, 2.05) is 0 Å². The largest absolute Gasteiger partial charge is 0.392 e. The maximum Gasteiger partial charge on any atom is 0.0644 e. The maximum atomic E-state index is 10.2. The molecule has 0 aliphatic heterocycles. The molecule has 0 bridgehead atoms. The van der Waals surface area contributed by atoms with Gasteiger partial charge in [-0.05, 0) is 16.2 Å². The predicted octanol–water partition coefficient (Wildman–Crippen LogP) is 3.47. The molecule has 0 amide bonds. The third-order valence-corrected chi connectivity index (χ3v) is 3.44. The minimum atomic E-state index is -0.278. The second kappa shape index (κ2) is 3.27. The first-order valence-electron chi connectivity index (χ1n) is 5.09. The van der Waals surface area contributed by atoms with Gasteiger partial charge in [-0.2, -0.15) is 0 Å². The molecule has 0 aliphatic rings. The minimum absolute atomic E-state index is 0.0449. The van der Waals surface area contributed by atoms with Gasteiger partial charge < -0.3 is 5.11 Å². The SMILES string of the molecule is CC(C)(C)C(O)C(C)(C)C(C)(C)C. The summed E-state index contributed by atoms with van der Waals surface area (Å²) in [5.41, 5.74) is 0.0156. The molecule has 1 N–H and O–H groups in total. The van der Waals surface area contributed by atoms with Crippen molar-refractivity contribution in [3.8, 4) is 0 Å². The molecule has 0 rings (SSSR count). The third kappa shape index (κ3) is 2.70. The van der Waals surface area contributed by atoms with Crippen LogP contribution in [0.5, 0.6) is 0 Å². The van der Waals surface area contributed by atoms with E-state index in [9.17, 15) is 5.11 Å². The van der Waals surface area contributed by atoms with E-state index >= 15 is 0 Å². The molecular formula is C12H26O. The van der Waals surface area contributed by atoms with Gasteiger partial charge in [0, 0.05) is 0 Å². The second-order valence-corrected chi connectivity index (χ2v) is 6.74. The molecule has 0 heterocycles. The number of aliphatic hydroxyl groups excluding tert-OH is 1. The average Bonchev–Trinajstić information content (AvgIpc) is 1.81. The molecule has 1 nitrogen and oxygen atoms in total. The van der Waals surface area contributed by atoms with Gasteiger partial charge in [-0.15, -0.1) is 0 Å². The van der Waals surface area contributed by atoms with E-state index in [0.29, 0.717) is 0 Å². The highest BCUT2D eigenvalue weighted by Crippen LogP contribution is 2.45. The summed E-state index contributed by atoms with van der Waals surface area (Å²) in [6.45, 7) is 17.1. The average molecular weight is 186 g/mol. The van der Waals surface area contributed by atoms with Crippen LogP contribution < -0.4 is 0 Å². The highest BCUT2D eigenvalue weighted by atomic mass is 16.3. The molecule has 0 aromatic rings. The molecule has 0 saturated heterocycles. The molecule has 0 fully saturated rings. The number of hydrogen-bond acceptors (Lipinski definition) is 1. The molecule has 0 aliphatic carbocycles. The Morgan fingerprint density at radius 3 is 1.15 bits per heavy atom. The zero-order valence-corrected chi connectivity index (χ0v) is 10.5. The van der Waals surface area contributed by atoms with Gasteiger partial charge in [-0.25, -0.2) is 0 Å². The quantitative estimate of drug-likeness (QED) is 0.665. The van der Waals surface area contributed by atoms with Crippen molar-refractivity contribution in [3.63, 3.8) is 0 Å². The molecule has 13 heavy (non-hydrogen) atoms. The predicted molar refractivity (Wildman–Crippen MR) is 58.7 cm³/mol. The normalized spacial score (nSPS) is 17.3. The van der Waals surface area contributed by atoms with Crippen molar-refractivity contribution in [1.82, 2.24) is 0 Å². The van der Waals surface area contributed by atoms with Crippen LogP contribution in [0, 0.1) is 16.2 Å². The molecule has 0 aromatic heterocycles. The molecule has 0 spiro atoms. The number of hydrogen-bond donors (Lipinski definition) is 1. The second-order valence-electron chi connectivity index (χ2n) is 6.74. The van der Waals surface area contributed by atoms with Gasteiger partial charge in [0.25, 0.3) is 0 Å². The fourth-order valence-corrected chi connectivity index (χ4v) is 1.49. The van der Waals surface area contributed by atoms with Crippen LogP contribution in [-0.2, 0) is 0 Å². The van der Waals surface area contributed by atoms with E-state index in [1.165, 1.54) is 0 Å². The molecule has 1 atom stereocenters. The van der Waals surface area contributed by atoms with Gasteiger partial charge >= 0.3 is 0 Å². The summed E-state index contributed by atoms with van der Waals surface area (Å²) in [7, 11) is 0. The molecular weight excluding hydrogens is 160 g/mol. The first-order valence-corrected chi connectivity index (χ1v) is 5.09. The molecule has 0 aromatic carbocycles. The summed E-state index contributed by atoms with van der Waals surface area (Å²) < 4.78 is 0. The van der Waals surface area contributed by atoms with Crippen molar-refractivity contribution < 1.29 is 5.11 Å². The Bertz CT molecular complexity index is 167. The lowest BCUT2D eigenvalue weighted by Gasteiger charge is -2.47. The van der Waals surface area contributed by atoms with Gasteiger partial charge in [-0.1, -0.05) is 55.4 Å². The van der Waals surface area contributed by atoms with Gasteiger partial charge in [0.15, 0.2) is 0 Å². The summed E-state index contributed by atoms with van der Waals surface area (Å²) in [5, 5.41) is 10.2. The molecule has 1 unspecified atom stereocenters. The van der Waals surface area contributed by atoms with E-state index in [1.54, 1.807) is 0 Å². The van der Waals surface area contributed by atoms with Gasteiger partial charge in [-0.3, -0.25) is 0 Å². The van der Waals surface area contributed by atoms with E-state index in [-0.39, 0.29) is 22.3 Å². The Balaban J connectivity index is 4.86. The summed E-state index contributed by atoms with van der Waals surface area (Å²) in [4.78, 5) is 0. The van der Waals surface area contributed by atoms with Crippen molar-refractivity contribution in [1.29, 1.82) is 0 Å². The summed E-state index contributed by atoms with van der Waals surface area (Å²) in [6.07, 6.45) is -0.278. The van der Waals surface area contributed by atoms with Crippen LogP contribution in [0.15, 0.2) is 0 Å². The highest BCUT2D eigenvalue weighted by Gasteiger charge is 2.44. The molecule has 0 radical (unpaired) electrons. The van der Waals surface area contributed by atoms with E-state index in [4.69, 9.17) is 0 Å². The topological polar surface area (TPSA) is 20.2 Å². The van der Waals surface area contributed by atoms with Crippen molar-refractivity contribution in [2.45, 2.75) is 61.5 Å². The molecule has 80 valence electrons. The standard InChI is InChI=1S/C12H26O/c1-10(2,3)9(13)12(7,8)11(4,5)6/h9,13H,1-8H3. The van der Waals surface area contributed by atoms with Crippen LogP contribution in [0.2, 0.25) is 0 Å². The van der Waals surface area contributed by atoms with Gasteiger partial charge in [0.05, 0.1) is 6.10 Å². The fourth-order valence-electron chi connectivity index (χ4n) is 1.49.